The van der Waals surface area contributed by atoms with Gasteiger partial charge in [0, 0.05) is 18.3 Å². The number of likely N-dealkylation sites (tertiary alicyclic amines) is 1. The highest BCUT2D eigenvalue weighted by molar-refractivity contribution is 5.85. The van der Waals surface area contributed by atoms with Gasteiger partial charge in [0.1, 0.15) is 11.8 Å². The zero-order chi connectivity index (χ0) is 14.5. The number of anilines is 1. The lowest BCUT2D eigenvalue weighted by atomic mass is 10.2. The third-order valence-corrected chi connectivity index (χ3v) is 3.27. The van der Waals surface area contributed by atoms with Crippen LogP contribution in [0, 0.1) is 0 Å². The first-order valence-electron chi connectivity index (χ1n) is 6.47. The molecule has 1 heterocycles. The van der Waals surface area contributed by atoms with Gasteiger partial charge in [-0.1, -0.05) is 6.07 Å². The maximum atomic E-state index is 12.1. The summed E-state index contributed by atoms with van der Waals surface area (Å²) in [4.78, 5) is 25.2. The molecule has 1 aliphatic rings. The molecule has 6 nitrogen and oxygen atoms in total. The summed E-state index contributed by atoms with van der Waals surface area (Å²) in [5.74, 6) is -0.0627. The van der Waals surface area contributed by atoms with E-state index in [4.69, 9.17) is 15.2 Å². The topological polar surface area (TPSA) is 81.9 Å². The van der Waals surface area contributed by atoms with E-state index in [2.05, 4.69) is 0 Å². The second-order valence-corrected chi connectivity index (χ2v) is 4.63. The quantitative estimate of drug-likeness (QED) is 0.651. The molecule has 1 atom stereocenters. The molecule has 1 aliphatic heterocycles. The van der Waals surface area contributed by atoms with E-state index in [9.17, 15) is 9.59 Å². The lowest BCUT2D eigenvalue weighted by molar-refractivity contribution is -0.151. The number of hydrogen-bond donors (Lipinski definition) is 1. The van der Waals surface area contributed by atoms with Crippen molar-refractivity contribution in [2.45, 2.75) is 18.9 Å². The summed E-state index contributed by atoms with van der Waals surface area (Å²) in [6, 6.07) is 6.38. The zero-order valence-electron chi connectivity index (χ0n) is 11.4. The van der Waals surface area contributed by atoms with E-state index in [0.717, 1.165) is 6.42 Å². The van der Waals surface area contributed by atoms with Crippen LogP contribution in [0.25, 0.3) is 0 Å². The standard InChI is InChI=1S/C14H18N2O4/c1-19-14(18)12-6-3-7-16(12)13(17)9-20-11-5-2-4-10(15)8-11/h2,4-5,8,12H,3,6-7,9,15H2,1H3. The molecule has 1 saturated heterocycles. The average molecular weight is 278 g/mol. The van der Waals surface area contributed by atoms with Crippen LogP contribution >= 0.6 is 0 Å². The van der Waals surface area contributed by atoms with Gasteiger partial charge in [-0.25, -0.2) is 4.79 Å². The van der Waals surface area contributed by atoms with Gasteiger partial charge in [-0.2, -0.15) is 0 Å². The molecule has 0 aromatic heterocycles. The Balaban J connectivity index is 1.93. The predicted octanol–water partition coefficient (Wildman–Crippen LogP) is 0.812. The Labute approximate surface area is 117 Å². The Morgan fingerprint density at radius 3 is 2.95 bits per heavy atom. The molecule has 2 rings (SSSR count). The van der Waals surface area contributed by atoms with Gasteiger partial charge in [0.2, 0.25) is 0 Å². The van der Waals surface area contributed by atoms with E-state index in [1.54, 1.807) is 24.3 Å². The summed E-state index contributed by atoms with van der Waals surface area (Å²) >= 11 is 0. The molecule has 108 valence electrons. The number of hydrogen-bond acceptors (Lipinski definition) is 5. The van der Waals surface area contributed by atoms with Gasteiger partial charge in [-0.3, -0.25) is 4.79 Å². The van der Waals surface area contributed by atoms with Crippen LogP contribution in [-0.4, -0.2) is 43.1 Å². The fourth-order valence-electron chi connectivity index (χ4n) is 2.28. The number of nitrogens with two attached hydrogens (primary N) is 1. The van der Waals surface area contributed by atoms with E-state index >= 15 is 0 Å². The van der Waals surface area contributed by atoms with E-state index in [-0.39, 0.29) is 18.5 Å². The third-order valence-electron chi connectivity index (χ3n) is 3.27. The Kier molecular flexibility index (Phi) is 4.45. The van der Waals surface area contributed by atoms with Gasteiger partial charge in [-0.05, 0) is 25.0 Å². The van der Waals surface area contributed by atoms with Crippen LogP contribution in [0.2, 0.25) is 0 Å². The summed E-state index contributed by atoms with van der Waals surface area (Å²) in [5, 5.41) is 0. The minimum Gasteiger partial charge on any atom is -0.484 e. The molecule has 20 heavy (non-hydrogen) atoms. The number of nitrogen functional groups attached to an aromatic ring is 1. The van der Waals surface area contributed by atoms with Gasteiger partial charge in [0.15, 0.2) is 6.61 Å². The van der Waals surface area contributed by atoms with Crippen molar-refractivity contribution < 1.29 is 19.1 Å². The highest BCUT2D eigenvalue weighted by Crippen LogP contribution is 2.19. The molecule has 0 bridgehead atoms. The highest BCUT2D eigenvalue weighted by Gasteiger charge is 2.34. The monoisotopic (exact) mass is 278 g/mol. The third kappa shape index (κ3) is 3.20. The summed E-state index contributed by atoms with van der Waals surface area (Å²) in [5.41, 5.74) is 6.20. The minimum absolute atomic E-state index is 0.114. The van der Waals surface area contributed by atoms with Crippen LogP contribution in [-0.2, 0) is 14.3 Å². The second kappa shape index (κ2) is 6.27. The van der Waals surface area contributed by atoms with Crippen LogP contribution in [0.3, 0.4) is 0 Å². The summed E-state index contributed by atoms with van der Waals surface area (Å²) in [7, 11) is 1.33. The Morgan fingerprint density at radius 1 is 1.45 bits per heavy atom. The predicted molar refractivity (Wildman–Crippen MR) is 73.1 cm³/mol. The fraction of sp³-hybridized carbons (Fsp3) is 0.429. The van der Waals surface area contributed by atoms with Crippen molar-refractivity contribution in [3.05, 3.63) is 24.3 Å². The number of methoxy groups -OCH3 is 1. The van der Waals surface area contributed by atoms with Crippen molar-refractivity contribution in [3.8, 4) is 5.75 Å². The molecule has 1 amide bonds. The van der Waals surface area contributed by atoms with Gasteiger partial charge in [0.25, 0.3) is 5.91 Å². The lowest BCUT2D eigenvalue weighted by Crippen LogP contribution is -2.43. The minimum atomic E-state index is -0.489. The number of rotatable bonds is 4. The smallest absolute Gasteiger partial charge is 0.328 e. The van der Waals surface area contributed by atoms with Crippen molar-refractivity contribution in [2.75, 3.05) is 26.0 Å². The maximum absolute atomic E-state index is 12.1. The first-order valence-corrected chi connectivity index (χ1v) is 6.47. The number of carbonyl (C=O) groups is 2. The summed E-state index contributed by atoms with van der Waals surface area (Å²) in [6.45, 7) is 0.440. The number of ether oxygens (including phenoxy) is 2. The zero-order valence-corrected chi connectivity index (χ0v) is 11.4. The molecule has 0 aliphatic carbocycles. The molecular weight excluding hydrogens is 260 g/mol. The molecule has 1 fully saturated rings. The number of esters is 1. The van der Waals surface area contributed by atoms with Gasteiger partial charge in [-0.15, -0.1) is 0 Å². The largest absolute Gasteiger partial charge is 0.484 e. The highest BCUT2D eigenvalue weighted by atomic mass is 16.5. The van der Waals surface area contributed by atoms with Gasteiger partial charge < -0.3 is 20.1 Å². The van der Waals surface area contributed by atoms with E-state index in [0.29, 0.717) is 24.4 Å². The first kappa shape index (κ1) is 14.2. The maximum Gasteiger partial charge on any atom is 0.328 e. The molecule has 0 saturated carbocycles. The molecule has 0 radical (unpaired) electrons. The van der Waals surface area contributed by atoms with Crippen molar-refractivity contribution in [3.63, 3.8) is 0 Å². The van der Waals surface area contributed by atoms with Crippen molar-refractivity contribution in [2.24, 2.45) is 0 Å². The molecule has 1 aromatic carbocycles. The number of benzene rings is 1. The number of nitrogens with zero attached hydrogens (tertiary/aromatic N) is 1. The van der Waals surface area contributed by atoms with Gasteiger partial charge in [0.05, 0.1) is 7.11 Å². The number of amides is 1. The van der Waals surface area contributed by atoms with Crippen molar-refractivity contribution in [1.29, 1.82) is 0 Å². The first-order chi connectivity index (χ1) is 9.61. The fourth-order valence-corrected chi connectivity index (χ4v) is 2.28. The van der Waals surface area contributed by atoms with Gasteiger partial charge >= 0.3 is 5.97 Å². The van der Waals surface area contributed by atoms with Crippen molar-refractivity contribution >= 4 is 17.6 Å². The van der Waals surface area contributed by atoms with E-state index in [1.165, 1.54) is 12.0 Å². The van der Waals surface area contributed by atoms with Crippen molar-refractivity contribution in [1.82, 2.24) is 4.90 Å². The molecule has 0 spiro atoms. The second-order valence-electron chi connectivity index (χ2n) is 4.63. The summed E-state index contributed by atoms with van der Waals surface area (Å²) < 4.78 is 10.1. The van der Waals surface area contributed by atoms with Crippen LogP contribution < -0.4 is 10.5 Å². The summed E-state index contributed by atoms with van der Waals surface area (Å²) in [6.07, 6.45) is 1.43. The normalized spacial score (nSPS) is 17.9. The van der Waals surface area contributed by atoms with Crippen LogP contribution in [0.1, 0.15) is 12.8 Å². The van der Waals surface area contributed by atoms with Crippen LogP contribution in [0.15, 0.2) is 24.3 Å². The Morgan fingerprint density at radius 2 is 2.25 bits per heavy atom. The lowest BCUT2D eigenvalue weighted by Gasteiger charge is -2.22. The molecule has 2 N–H and O–H groups in total. The molecule has 1 aromatic rings. The number of carbonyl (C=O) groups excluding carboxylic acids is 2. The van der Waals surface area contributed by atoms with E-state index in [1.807, 2.05) is 0 Å². The average Bonchev–Trinajstić information content (AvgIpc) is 2.93. The molecule has 1 unspecified atom stereocenters. The molecule has 6 heteroatoms. The Bertz CT molecular complexity index is 504. The van der Waals surface area contributed by atoms with E-state index < -0.39 is 6.04 Å². The molecular formula is C14H18N2O4. The van der Waals surface area contributed by atoms with Crippen LogP contribution in [0.4, 0.5) is 5.69 Å². The Hall–Kier alpha value is -2.24. The van der Waals surface area contributed by atoms with Crippen LogP contribution in [0.5, 0.6) is 5.75 Å². The SMILES string of the molecule is COC(=O)C1CCCN1C(=O)COc1cccc(N)c1.